The SMILES string of the molecule is Cc1cc(C(=O)NC(C)(CCl)CCl)n(C)n1. The fraction of sp³-hybridized carbons (Fsp3) is 0.600. The highest BCUT2D eigenvalue weighted by Crippen LogP contribution is 2.11. The minimum absolute atomic E-state index is 0.216. The molecule has 0 aliphatic heterocycles. The second-order valence-electron chi connectivity index (χ2n) is 4.08. The Morgan fingerprint density at radius 2 is 2.12 bits per heavy atom. The van der Waals surface area contributed by atoms with Crippen LogP contribution in [0.4, 0.5) is 0 Å². The van der Waals surface area contributed by atoms with Crippen LogP contribution in [0.5, 0.6) is 0 Å². The number of halogens is 2. The van der Waals surface area contributed by atoms with Crippen molar-refractivity contribution in [2.75, 3.05) is 11.8 Å². The van der Waals surface area contributed by atoms with Crippen LogP contribution in [0, 0.1) is 6.92 Å². The van der Waals surface area contributed by atoms with Crippen molar-refractivity contribution in [2.24, 2.45) is 7.05 Å². The molecular formula is C10H15Cl2N3O. The summed E-state index contributed by atoms with van der Waals surface area (Å²) in [6, 6.07) is 1.72. The second-order valence-corrected chi connectivity index (χ2v) is 4.61. The minimum Gasteiger partial charge on any atom is -0.343 e. The fourth-order valence-electron chi connectivity index (χ4n) is 1.26. The predicted molar refractivity (Wildman–Crippen MR) is 65.3 cm³/mol. The van der Waals surface area contributed by atoms with Gasteiger partial charge < -0.3 is 5.32 Å². The third-order valence-corrected chi connectivity index (χ3v) is 3.42. The van der Waals surface area contributed by atoms with Crippen molar-refractivity contribution in [3.8, 4) is 0 Å². The summed E-state index contributed by atoms with van der Waals surface area (Å²) >= 11 is 11.5. The molecule has 0 bridgehead atoms. The number of aryl methyl sites for hydroxylation is 2. The first-order chi connectivity index (χ1) is 7.41. The molecule has 0 radical (unpaired) electrons. The molecule has 0 fully saturated rings. The van der Waals surface area contributed by atoms with Crippen molar-refractivity contribution in [3.05, 3.63) is 17.5 Å². The summed E-state index contributed by atoms with van der Waals surface area (Å²) in [5, 5.41) is 6.90. The van der Waals surface area contributed by atoms with Crippen LogP contribution in [0.15, 0.2) is 6.07 Å². The molecule has 1 aromatic rings. The van der Waals surface area contributed by atoms with Crippen molar-refractivity contribution in [2.45, 2.75) is 19.4 Å². The highest BCUT2D eigenvalue weighted by atomic mass is 35.5. The van der Waals surface area contributed by atoms with Gasteiger partial charge in [0.25, 0.3) is 5.91 Å². The van der Waals surface area contributed by atoms with Gasteiger partial charge in [0.1, 0.15) is 5.69 Å². The second kappa shape index (κ2) is 5.06. The average Bonchev–Trinajstić information content (AvgIpc) is 2.57. The van der Waals surface area contributed by atoms with Gasteiger partial charge in [-0.3, -0.25) is 9.48 Å². The van der Waals surface area contributed by atoms with E-state index in [1.54, 1.807) is 20.0 Å². The number of nitrogens with zero attached hydrogens (tertiary/aromatic N) is 2. The van der Waals surface area contributed by atoms with Gasteiger partial charge in [-0.2, -0.15) is 5.10 Å². The Morgan fingerprint density at radius 1 is 1.56 bits per heavy atom. The molecule has 1 N–H and O–H groups in total. The van der Waals surface area contributed by atoms with Crippen LogP contribution < -0.4 is 5.32 Å². The van der Waals surface area contributed by atoms with Crippen molar-refractivity contribution in [1.82, 2.24) is 15.1 Å². The quantitative estimate of drug-likeness (QED) is 0.841. The molecule has 6 heteroatoms. The molecule has 0 aliphatic carbocycles. The van der Waals surface area contributed by atoms with E-state index in [-0.39, 0.29) is 17.7 Å². The standard InChI is InChI=1S/C10H15Cl2N3O/c1-7-4-8(15(3)14-7)9(16)13-10(2,5-11)6-12/h4H,5-6H2,1-3H3,(H,13,16). The fourth-order valence-corrected chi connectivity index (χ4v) is 1.68. The third-order valence-electron chi connectivity index (χ3n) is 2.24. The summed E-state index contributed by atoms with van der Waals surface area (Å²) in [6.07, 6.45) is 0. The zero-order chi connectivity index (χ0) is 12.3. The zero-order valence-corrected chi connectivity index (χ0v) is 11.1. The third kappa shape index (κ3) is 2.89. The lowest BCUT2D eigenvalue weighted by atomic mass is 10.1. The monoisotopic (exact) mass is 263 g/mol. The number of alkyl halides is 2. The van der Waals surface area contributed by atoms with E-state index in [2.05, 4.69) is 10.4 Å². The smallest absolute Gasteiger partial charge is 0.270 e. The van der Waals surface area contributed by atoms with E-state index in [0.717, 1.165) is 5.69 Å². The maximum atomic E-state index is 11.9. The number of carbonyl (C=O) groups excluding carboxylic acids is 1. The van der Waals surface area contributed by atoms with Crippen molar-refractivity contribution >= 4 is 29.1 Å². The number of rotatable bonds is 4. The Kier molecular flexibility index (Phi) is 4.21. The Bertz CT molecular complexity index is 385. The number of hydrogen-bond acceptors (Lipinski definition) is 2. The van der Waals surface area contributed by atoms with Crippen molar-refractivity contribution in [1.29, 1.82) is 0 Å². The number of nitrogens with one attached hydrogen (secondary N) is 1. The molecule has 1 heterocycles. The molecule has 0 saturated carbocycles. The number of aromatic nitrogens is 2. The predicted octanol–water partition coefficient (Wildman–Crippen LogP) is 1.69. The van der Waals surface area contributed by atoms with Crippen LogP contribution in [-0.4, -0.2) is 33.0 Å². The van der Waals surface area contributed by atoms with Crippen LogP contribution in [0.2, 0.25) is 0 Å². The lowest BCUT2D eigenvalue weighted by Crippen LogP contribution is -2.49. The summed E-state index contributed by atoms with van der Waals surface area (Å²) in [7, 11) is 1.72. The summed E-state index contributed by atoms with van der Waals surface area (Å²) in [5.41, 5.74) is 0.698. The van der Waals surface area contributed by atoms with Crippen molar-refractivity contribution in [3.63, 3.8) is 0 Å². The molecule has 1 aromatic heterocycles. The molecule has 0 atom stereocenters. The van der Waals surface area contributed by atoms with Gasteiger partial charge in [-0.15, -0.1) is 23.2 Å². The van der Waals surface area contributed by atoms with E-state index in [0.29, 0.717) is 5.69 Å². The Labute approximate surface area is 105 Å². The van der Waals surface area contributed by atoms with E-state index in [9.17, 15) is 4.79 Å². The van der Waals surface area contributed by atoms with Gasteiger partial charge in [-0.05, 0) is 19.9 Å². The summed E-state index contributed by atoms with van der Waals surface area (Å²) in [5.74, 6) is 0.310. The first-order valence-corrected chi connectivity index (χ1v) is 5.94. The molecule has 0 aromatic carbocycles. The molecule has 0 spiro atoms. The molecule has 1 rings (SSSR count). The number of carbonyl (C=O) groups is 1. The lowest BCUT2D eigenvalue weighted by Gasteiger charge is -2.25. The van der Waals surface area contributed by atoms with Crippen molar-refractivity contribution < 1.29 is 4.79 Å². The Hall–Kier alpha value is -0.740. The molecule has 4 nitrogen and oxygen atoms in total. The largest absolute Gasteiger partial charge is 0.343 e. The molecule has 90 valence electrons. The van der Waals surface area contributed by atoms with Gasteiger partial charge >= 0.3 is 0 Å². The number of hydrogen-bond donors (Lipinski definition) is 1. The zero-order valence-electron chi connectivity index (χ0n) is 9.55. The van der Waals surface area contributed by atoms with Gasteiger partial charge in [0, 0.05) is 18.8 Å². The lowest BCUT2D eigenvalue weighted by molar-refractivity contribution is 0.0911. The first-order valence-electron chi connectivity index (χ1n) is 4.87. The molecule has 0 saturated heterocycles. The average molecular weight is 264 g/mol. The molecule has 0 aliphatic rings. The topological polar surface area (TPSA) is 46.9 Å². The molecule has 16 heavy (non-hydrogen) atoms. The van der Waals surface area contributed by atoms with Crippen LogP contribution >= 0.6 is 23.2 Å². The van der Waals surface area contributed by atoms with E-state index in [1.807, 2.05) is 6.92 Å². The van der Waals surface area contributed by atoms with E-state index in [1.165, 1.54) is 4.68 Å². The summed E-state index contributed by atoms with van der Waals surface area (Å²) in [6.45, 7) is 3.63. The number of amides is 1. The maximum Gasteiger partial charge on any atom is 0.270 e. The first kappa shape index (κ1) is 13.3. The molecule has 1 amide bonds. The maximum absolute atomic E-state index is 11.9. The van der Waals surface area contributed by atoms with E-state index < -0.39 is 5.54 Å². The molecular weight excluding hydrogens is 249 g/mol. The summed E-state index contributed by atoms with van der Waals surface area (Å²) < 4.78 is 1.54. The van der Waals surface area contributed by atoms with Gasteiger partial charge in [-0.1, -0.05) is 0 Å². The minimum atomic E-state index is -0.599. The van der Waals surface area contributed by atoms with E-state index in [4.69, 9.17) is 23.2 Å². The van der Waals surface area contributed by atoms with Gasteiger partial charge in [0.05, 0.1) is 11.2 Å². The summed E-state index contributed by atoms with van der Waals surface area (Å²) in [4.78, 5) is 11.9. The Morgan fingerprint density at radius 3 is 2.50 bits per heavy atom. The van der Waals surface area contributed by atoms with Gasteiger partial charge in [0.15, 0.2) is 0 Å². The van der Waals surface area contributed by atoms with Crippen LogP contribution in [0.25, 0.3) is 0 Å². The van der Waals surface area contributed by atoms with E-state index >= 15 is 0 Å². The van der Waals surface area contributed by atoms with Crippen LogP contribution in [0.3, 0.4) is 0 Å². The van der Waals surface area contributed by atoms with Gasteiger partial charge in [-0.25, -0.2) is 0 Å². The van der Waals surface area contributed by atoms with Gasteiger partial charge in [0.2, 0.25) is 0 Å². The van der Waals surface area contributed by atoms with Crippen LogP contribution in [0.1, 0.15) is 23.1 Å². The highest BCUT2D eigenvalue weighted by Gasteiger charge is 2.26. The normalized spacial score (nSPS) is 11.6. The highest BCUT2D eigenvalue weighted by molar-refractivity contribution is 6.22. The molecule has 0 unspecified atom stereocenters. The van der Waals surface area contributed by atoms with Crippen LogP contribution in [-0.2, 0) is 7.05 Å². The Balaban J connectivity index is 2.84.